The molecule has 0 spiro atoms. The van der Waals surface area contributed by atoms with Crippen LogP contribution in [0.25, 0.3) is 0 Å². The number of hydrogen-bond acceptors (Lipinski definition) is 2. The molecule has 0 bridgehead atoms. The van der Waals surface area contributed by atoms with Gasteiger partial charge < -0.3 is 9.84 Å². The van der Waals surface area contributed by atoms with Crippen LogP contribution in [0.2, 0.25) is 0 Å². The predicted molar refractivity (Wildman–Crippen MR) is 81.9 cm³/mol. The first-order chi connectivity index (χ1) is 10.1. The summed E-state index contributed by atoms with van der Waals surface area (Å²) in [5.41, 5.74) is 0.339. The van der Waals surface area contributed by atoms with E-state index in [1.165, 1.54) is 6.07 Å². The molecule has 0 aliphatic carbocycles. The van der Waals surface area contributed by atoms with E-state index in [0.29, 0.717) is 24.8 Å². The van der Waals surface area contributed by atoms with Crippen molar-refractivity contribution in [2.24, 2.45) is 0 Å². The summed E-state index contributed by atoms with van der Waals surface area (Å²) in [7, 11) is 1.63. The molecule has 2 aromatic rings. The van der Waals surface area contributed by atoms with Crippen LogP contribution in [0.3, 0.4) is 0 Å². The normalized spacial score (nSPS) is 13.7. The number of hydrogen-bond donors (Lipinski definition) is 1. The summed E-state index contributed by atoms with van der Waals surface area (Å²) in [4.78, 5) is 0. The first kappa shape index (κ1) is 15.5. The van der Waals surface area contributed by atoms with E-state index in [9.17, 15) is 9.50 Å². The fraction of sp³-hybridized carbons (Fsp3) is 0.333. The lowest BCUT2D eigenvalue weighted by molar-refractivity contribution is 0.0202. The Bertz CT molecular complexity index is 580. The lowest BCUT2D eigenvalue weighted by Crippen LogP contribution is -2.26. The third-order valence-electron chi connectivity index (χ3n) is 3.95. The van der Waals surface area contributed by atoms with Crippen molar-refractivity contribution in [1.82, 2.24) is 0 Å². The number of rotatable bonds is 6. The molecule has 112 valence electrons. The van der Waals surface area contributed by atoms with Crippen LogP contribution in [0.5, 0.6) is 5.75 Å². The van der Waals surface area contributed by atoms with E-state index in [-0.39, 0.29) is 5.82 Å². The highest BCUT2D eigenvalue weighted by molar-refractivity contribution is 5.28. The van der Waals surface area contributed by atoms with Crippen LogP contribution in [-0.2, 0) is 12.0 Å². The summed E-state index contributed by atoms with van der Waals surface area (Å²) in [5.74, 6) is 0.454. The molecule has 1 atom stereocenters. The van der Waals surface area contributed by atoms with E-state index in [2.05, 4.69) is 0 Å². The molecule has 0 heterocycles. The monoisotopic (exact) mass is 288 g/mol. The zero-order valence-electron chi connectivity index (χ0n) is 12.5. The third kappa shape index (κ3) is 3.61. The maximum atomic E-state index is 13.9. The molecule has 3 heteroatoms. The van der Waals surface area contributed by atoms with Gasteiger partial charge >= 0.3 is 0 Å². The van der Waals surface area contributed by atoms with E-state index in [1.807, 2.05) is 31.2 Å². The molecule has 1 N–H and O–H groups in total. The summed E-state index contributed by atoms with van der Waals surface area (Å²) in [6, 6.07) is 14.2. The molecular formula is C18H21FO2. The Morgan fingerprint density at radius 2 is 1.76 bits per heavy atom. The Morgan fingerprint density at radius 3 is 2.33 bits per heavy atom. The van der Waals surface area contributed by atoms with Crippen LogP contribution in [0.15, 0.2) is 48.5 Å². The van der Waals surface area contributed by atoms with Crippen LogP contribution < -0.4 is 4.74 Å². The molecule has 21 heavy (non-hydrogen) atoms. The average Bonchev–Trinajstić information content (AvgIpc) is 2.53. The maximum absolute atomic E-state index is 13.9. The molecule has 0 aliphatic heterocycles. The molecule has 0 saturated carbocycles. The van der Waals surface area contributed by atoms with Gasteiger partial charge in [-0.3, -0.25) is 0 Å². The van der Waals surface area contributed by atoms with Gasteiger partial charge in [0.05, 0.1) is 12.7 Å². The number of ether oxygens (including phenoxy) is 1. The number of halogens is 1. The van der Waals surface area contributed by atoms with Crippen molar-refractivity contribution in [2.45, 2.75) is 31.8 Å². The quantitative estimate of drug-likeness (QED) is 0.868. The third-order valence-corrected chi connectivity index (χ3v) is 3.95. The summed E-state index contributed by atoms with van der Waals surface area (Å²) >= 11 is 0. The second kappa shape index (κ2) is 6.72. The highest BCUT2D eigenvalue weighted by Crippen LogP contribution is 2.32. The highest BCUT2D eigenvalue weighted by atomic mass is 19.1. The van der Waals surface area contributed by atoms with Crippen LogP contribution in [-0.4, -0.2) is 12.2 Å². The largest absolute Gasteiger partial charge is 0.497 e. The smallest absolute Gasteiger partial charge is 0.129 e. The van der Waals surface area contributed by atoms with Gasteiger partial charge in [0.2, 0.25) is 0 Å². The van der Waals surface area contributed by atoms with Crippen LogP contribution in [0.1, 0.15) is 30.9 Å². The standard InChI is InChI=1S/C18H21FO2/c1-3-18(20,16-6-4-5-7-17(16)19)13-12-14-8-10-15(21-2)11-9-14/h4-11,20H,3,12-13H2,1-2H3. The van der Waals surface area contributed by atoms with E-state index in [4.69, 9.17) is 4.74 Å². The van der Waals surface area contributed by atoms with Crippen molar-refractivity contribution in [3.8, 4) is 5.75 Å². The molecule has 0 saturated heterocycles. The van der Waals surface area contributed by atoms with Crippen LogP contribution in [0, 0.1) is 5.82 Å². The van der Waals surface area contributed by atoms with E-state index < -0.39 is 5.60 Å². The zero-order valence-corrected chi connectivity index (χ0v) is 12.5. The first-order valence-electron chi connectivity index (χ1n) is 7.19. The van der Waals surface area contributed by atoms with Gasteiger partial charge in [-0.15, -0.1) is 0 Å². The average molecular weight is 288 g/mol. The van der Waals surface area contributed by atoms with Gasteiger partial charge in [0.1, 0.15) is 11.6 Å². The Kier molecular flexibility index (Phi) is 4.97. The van der Waals surface area contributed by atoms with Gasteiger partial charge in [-0.25, -0.2) is 4.39 Å². The number of benzene rings is 2. The maximum Gasteiger partial charge on any atom is 0.129 e. The van der Waals surface area contributed by atoms with E-state index in [0.717, 1.165) is 11.3 Å². The number of aliphatic hydroxyl groups is 1. The summed E-state index contributed by atoms with van der Waals surface area (Å²) in [5, 5.41) is 10.8. The van der Waals surface area contributed by atoms with Gasteiger partial charge in [0.25, 0.3) is 0 Å². The van der Waals surface area contributed by atoms with Gasteiger partial charge in [-0.05, 0) is 43.0 Å². The van der Waals surface area contributed by atoms with Crippen molar-refractivity contribution in [2.75, 3.05) is 7.11 Å². The number of aryl methyl sites for hydroxylation is 1. The predicted octanol–water partition coefficient (Wildman–Crippen LogP) is 4.06. The van der Waals surface area contributed by atoms with Gasteiger partial charge in [0, 0.05) is 5.56 Å². The molecule has 2 aromatic carbocycles. The summed E-state index contributed by atoms with van der Waals surface area (Å²) in [6.45, 7) is 1.88. The van der Waals surface area contributed by atoms with Gasteiger partial charge in [0.15, 0.2) is 0 Å². The minimum atomic E-state index is -1.13. The summed E-state index contributed by atoms with van der Waals surface area (Å²) < 4.78 is 19.0. The molecule has 1 unspecified atom stereocenters. The topological polar surface area (TPSA) is 29.5 Å². The Morgan fingerprint density at radius 1 is 1.10 bits per heavy atom. The SMILES string of the molecule is CCC(O)(CCc1ccc(OC)cc1)c1ccccc1F. The van der Waals surface area contributed by atoms with Crippen LogP contribution >= 0.6 is 0 Å². The van der Waals surface area contributed by atoms with Crippen molar-refractivity contribution >= 4 is 0 Å². The van der Waals surface area contributed by atoms with E-state index in [1.54, 1.807) is 25.3 Å². The van der Waals surface area contributed by atoms with Crippen molar-refractivity contribution in [3.63, 3.8) is 0 Å². The Balaban J connectivity index is 2.13. The lowest BCUT2D eigenvalue weighted by atomic mass is 9.85. The first-order valence-corrected chi connectivity index (χ1v) is 7.19. The molecule has 0 radical (unpaired) electrons. The molecule has 2 nitrogen and oxygen atoms in total. The Labute approximate surface area is 125 Å². The van der Waals surface area contributed by atoms with Gasteiger partial charge in [-0.2, -0.15) is 0 Å². The van der Waals surface area contributed by atoms with Gasteiger partial charge in [-0.1, -0.05) is 37.3 Å². The summed E-state index contributed by atoms with van der Waals surface area (Å²) in [6.07, 6.45) is 1.64. The molecule has 0 aliphatic rings. The molecule has 0 amide bonds. The molecular weight excluding hydrogens is 267 g/mol. The second-order valence-electron chi connectivity index (χ2n) is 5.21. The molecule has 0 fully saturated rings. The fourth-order valence-electron chi connectivity index (χ4n) is 2.48. The number of methoxy groups -OCH3 is 1. The van der Waals surface area contributed by atoms with Crippen molar-refractivity contribution in [1.29, 1.82) is 0 Å². The van der Waals surface area contributed by atoms with Crippen LogP contribution in [0.4, 0.5) is 4.39 Å². The Hall–Kier alpha value is -1.87. The molecule has 0 aromatic heterocycles. The second-order valence-corrected chi connectivity index (χ2v) is 5.21. The minimum absolute atomic E-state index is 0.350. The minimum Gasteiger partial charge on any atom is -0.497 e. The highest BCUT2D eigenvalue weighted by Gasteiger charge is 2.29. The lowest BCUT2D eigenvalue weighted by Gasteiger charge is -2.28. The molecule has 2 rings (SSSR count). The van der Waals surface area contributed by atoms with E-state index >= 15 is 0 Å². The van der Waals surface area contributed by atoms with Crippen molar-refractivity contribution in [3.05, 3.63) is 65.5 Å². The van der Waals surface area contributed by atoms with Crippen molar-refractivity contribution < 1.29 is 14.2 Å². The fourth-order valence-corrected chi connectivity index (χ4v) is 2.48. The zero-order chi connectivity index (χ0) is 15.3.